The molecule has 4 aromatic rings. The molecule has 2 aromatic carbocycles. The average Bonchev–Trinajstić information content (AvgIpc) is 3.22. The van der Waals surface area contributed by atoms with Crippen LogP contribution < -0.4 is 9.64 Å². The fourth-order valence-corrected chi connectivity index (χ4v) is 3.86. The Morgan fingerprint density at radius 2 is 1.97 bits per heavy atom. The van der Waals surface area contributed by atoms with Crippen LogP contribution in [-0.4, -0.2) is 34.3 Å². The van der Waals surface area contributed by atoms with E-state index in [4.69, 9.17) is 9.26 Å². The van der Waals surface area contributed by atoms with Crippen molar-refractivity contribution >= 4 is 16.7 Å². The average molecular weight is 422 g/mol. The predicted molar refractivity (Wildman–Crippen MR) is 112 cm³/mol. The second kappa shape index (κ2) is 7.61. The van der Waals surface area contributed by atoms with E-state index in [1.807, 2.05) is 36.9 Å². The lowest BCUT2D eigenvalue weighted by molar-refractivity contribution is 0.287. The maximum atomic E-state index is 14.8. The van der Waals surface area contributed by atoms with Crippen LogP contribution in [0.3, 0.4) is 0 Å². The second-order valence-corrected chi connectivity index (χ2v) is 7.80. The van der Waals surface area contributed by atoms with Crippen LogP contribution in [0.15, 0.2) is 47.2 Å². The maximum Gasteiger partial charge on any atom is 0.178 e. The smallest absolute Gasteiger partial charge is 0.178 e. The van der Waals surface area contributed by atoms with Crippen LogP contribution in [0.4, 0.5) is 14.5 Å². The van der Waals surface area contributed by atoms with Crippen molar-refractivity contribution in [2.24, 2.45) is 0 Å². The van der Waals surface area contributed by atoms with Gasteiger partial charge in [-0.25, -0.2) is 18.7 Å². The van der Waals surface area contributed by atoms with Gasteiger partial charge in [-0.3, -0.25) is 0 Å². The normalized spacial score (nSPS) is 13.5. The van der Waals surface area contributed by atoms with E-state index >= 15 is 0 Å². The van der Waals surface area contributed by atoms with E-state index in [9.17, 15) is 8.78 Å². The first kappa shape index (κ1) is 19.4. The second-order valence-electron chi connectivity index (χ2n) is 7.80. The summed E-state index contributed by atoms with van der Waals surface area (Å²) >= 11 is 0. The number of hydrogen-bond donors (Lipinski definition) is 0. The van der Waals surface area contributed by atoms with Crippen LogP contribution in [-0.2, 0) is 6.42 Å². The van der Waals surface area contributed by atoms with Crippen molar-refractivity contribution in [1.29, 1.82) is 0 Å². The third-order valence-electron chi connectivity index (χ3n) is 5.39. The van der Waals surface area contributed by atoms with Gasteiger partial charge in [-0.05, 0) is 43.7 Å². The molecule has 0 N–H and O–H groups in total. The van der Waals surface area contributed by atoms with Gasteiger partial charge in [0.15, 0.2) is 23.0 Å². The largest absolute Gasteiger partial charge is 0.486 e. The molecule has 0 radical (unpaired) electrons. The maximum absolute atomic E-state index is 14.8. The monoisotopic (exact) mass is 422 g/mol. The van der Waals surface area contributed by atoms with Gasteiger partial charge in [-0.2, -0.15) is 0 Å². The van der Waals surface area contributed by atoms with E-state index < -0.39 is 11.6 Å². The summed E-state index contributed by atoms with van der Waals surface area (Å²) in [6.45, 7) is 5.08. The van der Waals surface area contributed by atoms with Crippen LogP contribution in [0.2, 0.25) is 0 Å². The van der Waals surface area contributed by atoms with Crippen LogP contribution in [0.1, 0.15) is 25.2 Å². The molecule has 0 bridgehead atoms. The summed E-state index contributed by atoms with van der Waals surface area (Å²) in [5.74, 6) is -0.529. The fourth-order valence-electron chi connectivity index (χ4n) is 3.86. The topological polar surface area (TPSA) is 64.3 Å². The lowest BCUT2D eigenvalue weighted by Gasteiger charge is -2.34. The Hall–Kier alpha value is -3.55. The SMILES string of the molecule is CC(C)N1CCOc2c(F)cc(-c3nc(Cc4ccc5cnoc5c4)ncc3F)cc21. The van der Waals surface area contributed by atoms with E-state index in [0.717, 1.165) is 17.1 Å². The Balaban J connectivity index is 1.53. The van der Waals surface area contributed by atoms with Gasteiger partial charge >= 0.3 is 0 Å². The molecule has 8 heteroatoms. The van der Waals surface area contributed by atoms with Crippen molar-refractivity contribution in [3.63, 3.8) is 0 Å². The standard InChI is InChI=1S/C23H20F2N4O2/c1-13(2)29-5-6-30-23-17(24)9-16(10-19(23)29)22-18(25)12-26-21(28-22)8-14-3-4-15-11-27-31-20(15)7-14/h3-4,7,9-13H,5-6,8H2,1-2H3. The number of halogens is 2. The molecule has 0 spiro atoms. The molecule has 5 rings (SSSR count). The van der Waals surface area contributed by atoms with Gasteiger partial charge in [-0.15, -0.1) is 0 Å². The lowest BCUT2D eigenvalue weighted by atomic mass is 10.1. The minimum atomic E-state index is -0.610. The molecule has 31 heavy (non-hydrogen) atoms. The van der Waals surface area contributed by atoms with Gasteiger partial charge in [0.25, 0.3) is 0 Å². The summed E-state index contributed by atoms with van der Waals surface area (Å²) in [7, 11) is 0. The molecule has 0 fully saturated rings. The molecule has 0 saturated carbocycles. The molecular formula is C23H20F2N4O2. The highest BCUT2D eigenvalue weighted by molar-refractivity contribution is 5.76. The van der Waals surface area contributed by atoms with E-state index in [1.54, 1.807) is 12.3 Å². The highest BCUT2D eigenvalue weighted by Crippen LogP contribution is 2.39. The van der Waals surface area contributed by atoms with E-state index in [1.165, 1.54) is 6.07 Å². The summed E-state index contributed by atoms with van der Waals surface area (Å²) in [4.78, 5) is 10.6. The molecule has 1 aliphatic heterocycles. The van der Waals surface area contributed by atoms with Crippen molar-refractivity contribution in [1.82, 2.24) is 15.1 Å². The van der Waals surface area contributed by atoms with Crippen molar-refractivity contribution in [2.75, 3.05) is 18.1 Å². The summed E-state index contributed by atoms with van der Waals surface area (Å²) in [5, 5.41) is 4.67. The molecule has 0 atom stereocenters. The van der Waals surface area contributed by atoms with Gasteiger partial charge in [-0.1, -0.05) is 11.2 Å². The molecule has 6 nitrogen and oxygen atoms in total. The minimum absolute atomic E-state index is 0.0572. The van der Waals surface area contributed by atoms with Crippen molar-refractivity contribution < 1.29 is 18.0 Å². The molecule has 0 unspecified atom stereocenters. The van der Waals surface area contributed by atoms with Crippen molar-refractivity contribution in [2.45, 2.75) is 26.3 Å². The first-order valence-electron chi connectivity index (χ1n) is 10.1. The zero-order valence-corrected chi connectivity index (χ0v) is 17.1. The number of nitrogens with zero attached hydrogens (tertiary/aromatic N) is 4. The molecule has 1 aliphatic rings. The third kappa shape index (κ3) is 3.58. The molecule has 158 valence electrons. The predicted octanol–water partition coefficient (Wildman–Crippen LogP) is 4.76. The number of anilines is 1. The summed E-state index contributed by atoms with van der Waals surface area (Å²) in [5.41, 5.74) is 2.57. The van der Waals surface area contributed by atoms with Gasteiger partial charge in [0.1, 0.15) is 18.1 Å². The van der Waals surface area contributed by atoms with Crippen molar-refractivity contribution in [3.05, 3.63) is 65.7 Å². The minimum Gasteiger partial charge on any atom is -0.486 e. The van der Waals surface area contributed by atoms with Crippen LogP contribution in [0.5, 0.6) is 5.75 Å². The summed E-state index contributed by atoms with van der Waals surface area (Å²) in [6, 6.07) is 8.80. The fraction of sp³-hybridized carbons (Fsp3) is 0.261. The van der Waals surface area contributed by atoms with Gasteiger partial charge in [0, 0.05) is 23.4 Å². The van der Waals surface area contributed by atoms with Gasteiger partial charge in [0.05, 0.1) is 24.6 Å². The number of benzene rings is 2. The van der Waals surface area contributed by atoms with Crippen LogP contribution >= 0.6 is 0 Å². The highest BCUT2D eigenvalue weighted by Gasteiger charge is 2.25. The highest BCUT2D eigenvalue weighted by atomic mass is 19.1. The molecule has 0 amide bonds. The molecule has 0 saturated heterocycles. The Morgan fingerprint density at radius 3 is 2.81 bits per heavy atom. The Kier molecular flexibility index (Phi) is 4.77. The zero-order chi connectivity index (χ0) is 21.5. The third-order valence-corrected chi connectivity index (χ3v) is 5.39. The first-order valence-corrected chi connectivity index (χ1v) is 10.1. The van der Waals surface area contributed by atoms with Crippen LogP contribution in [0, 0.1) is 11.6 Å². The molecule has 3 heterocycles. The van der Waals surface area contributed by atoms with E-state index in [0.29, 0.717) is 42.2 Å². The summed E-state index contributed by atoms with van der Waals surface area (Å²) in [6.07, 6.45) is 3.14. The Labute approximate surface area is 177 Å². The summed E-state index contributed by atoms with van der Waals surface area (Å²) < 4.78 is 40.2. The lowest BCUT2D eigenvalue weighted by Crippen LogP contribution is -2.38. The number of fused-ring (bicyclic) bond motifs is 2. The first-order chi connectivity index (χ1) is 15.0. The van der Waals surface area contributed by atoms with E-state index in [-0.39, 0.29) is 17.5 Å². The number of rotatable bonds is 4. The number of aromatic nitrogens is 3. The Bertz CT molecular complexity index is 1270. The Morgan fingerprint density at radius 1 is 1.10 bits per heavy atom. The van der Waals surface area contributed by atoms with Crippen LogP contribution in [0.25, 0.3) is 22.2 Å². The van der Waals surface area contributed by atoms with Gasteiger partial charge in [0.2, 0.25) is 0 Å². The number of ether oxygens (including phenoxy) is 1. The van der Waals surface area contributed by atoms with Gasteiger partial charge < -0.3 is 14.2 Å². The molecule has 0 aliphatic carbocycles. The van der Waals surface area contributed by atoms with Crippen molar-refractivity contribution in [3.8, 4) is 17.0 Å². The number of hydrogen-bond acceptors (Lipinski definition) is 6. The zero-order valence-electron chi connectivity index (χ0n) is 17.1. The quantitative estimate of drug-likeness (QED) is 0.473. The van der Waals surface area contributed by atoms with E-state index in [2.05, 4.69) is 15.1 Å². The molecule has 2 aromatic heterocycles. The molecular weight excluding hydrogens is 402 g/mol.